The molecule has 3 aromatic rings. The van der Waals surface area contributed by atoms with Crippen molar-refractivity contribution >= 4 is 50.0 Å². The summed E-state index contributed by atoms with van der Waals surface area (Å²) in [7, 11) is 1.89. The van der Waals surface area contributed by atoms with Crippen molar-refractivity contribution in [2.45, 2.75) is 19.8 Å². The van der Waals surface area contributed by atoms with Crippen LogP contribution >= 0.6 is 33.9 Å². The number of anilines is 1. The zero-order valence-electron chi connectivity index (χ0n) is 12.0. The Morgan fingerprint density at radius 3 is 2.81 bits per heavy atom. The molecule has 0 radical (unpaired) electrons. The number of nitrogens with zero attached hydrogens (tertiary/aromatic N) is 3. The van der Waals surface area contributed by atoms with E-state index in [9.17, 15) is 0 Å². The minimum atomic E-state index is 0.351. The molecule has 0 aliphatic carbocycles. The fourth-order valence-electron chi connectivity index (χ4n) is 2.11. The molecule has 21 heavy (non-hydrogen) atoms. The summed E-state index contributed by atoms with van der Waals surface area (Å²) in [5.41, 5.74) is 3.04. The third kappa shape index (κ3) is 2.74. The van der Waals surface area contributed by atoms with Crippen LogP contribution in [0, 0.1) is 3.57 Å². The zero-order valence-corrected chi connectivity index (χ0v) is 15.0. The van der Waals surface area contributed by atoms with Crippen LogP contribution < -0.4 is 5.32 Å². The Bertz CT molecular complexity index is 797. The fraction of sp³-hybridized carbons (Fsp3) is 0.267. The van der Waals surface area contributed by atoms with Crippen molar-refractivity contribution < 1.29 is 0 Å². The molecule has 0 spiro atoms. The van der Waals surface area contributed by atoms with Crippen molar-refractivity contribution in [3.63, 3.8) is 0 Å². The lowest BCUT2D eigenvalue weighted by atomic mass is 10.1. The topological polar surface area (TPSA) is 50.7 Å². The molecule has 6 heteroatoms. The maximum absolute atomic E-state index is 4.75. The van der Waals surface area contributed by atoms with Crippen LogP contribution in [0.25, 0.3) is 21.6 Å². The van der Waals surface area contributed by atoms with Crippen LogP contribution in [0.4, 0.5) is 5.82 Å². The maximum Gasteiger partial charge on any atom is 0.163 e. The molecule has 0 saturated heterocycles. The normalized spacial score (nSPS) is 11.3. The second-order valence-corrected chi connectivity index (χ2v) is 7.05. The molecule has 108 valence electrons. The largest absolute Gasteiger partial charge is 0.372 e. The van der Waals surface area contributed by atoms with Gasteiger partial charge in [0.15, 0.2) is 5.82 Å². The van der Waals surface area contributed by atoms with Gasteiger partial charge in [-0.1, -0.05) is 13.8 Å². The molecule has 3 rings (SSSR count). The molecule has 0 saturated carbocycles. The second-order valence-electron chi connectivity index (χ2n) is 5.03. The SMILES string of the molecule is CNc1nc(-c2cnc3ccsc3c2)nc(C(C)C)c1I. The van der Waals surface area contributed by atoms with E-state index in [0.29, 0.717) is 5.92 Å². The summed E-state index contributed by atoms with van der Waals surface area (Å²) in [5.74, 6) is 1.95. The number of thiophene rings is 1. The van der Waals surface area contributed by atoms with Crippen molar-refractivity contribution in [2.75, 3.05) is 12.4 Å². The van der Waals surface area contributed by atoms with Crippen molar-refractivity contribution in [2.24, 2.45) is 0 Å². The molecule has 0 aliphatic heterocycles. The molecule has 0 amide bonds. The lowest BCUT2D eigenvalue weighted by molar-refractivity contribution is 0.809. The molecule has 0 aliphatic rings. The van der Waals surface area contributed by atoms with Gasteiger partial charge in [0, 0.05) is 18.8 Å². The highest BCUT2D eigenvalue weighted by molar-refractivity contribution is 14.1. The molecule has 0 fully saturated rings. The molecule has 4 nitrogen and oxygen atoms in total. The van der Waals surface area contributed by atoms with Crippen LogP contribution in [-0.4, -0.2) is 22.0 Å². The van der Waals surface area contributed by atoms with E-state index in [1.807, 2.05) is 19.3 Å². The van der Waals surface area contributed by atoms with E-state index in [2.05, 4.69) is 63.2 Å². The van der Waals surface area contributed by atoms with Gasteiger partial charge < -0.3 is 5.32 Å². The first-order valence-corrected chi connectivity index (χ1v) is 8.64. The van der Waals surface area contributed by atoms with Gasteiger partial charge in [0.25, 0.3) is 0 Å². The number of pyridine rings is 1. The van der Waals surface area contributed by atoms with Crippen LogP contribution in [0.15, 0.2) is 23.7 Å². The number of rotatable bonds is 3. The number of fused-ring (bicyclic) bond motifs is 1. The number of halogens is 1. The van der Waals surface area contributed by atoms with Gasteiger partial charge in [0.05, 0.1) is 19.5 Å². The lowest BCUT2D eigenvalue weighted by Gasteiger charge is -2.13. The molecule has 0 unspecified atom stereocenters. The highest BCUT2D eigenvalue weighted by Crippen LogP contribution is 2.29. The van der Waals surface area contributed by atoms with E-state index in [1.165, 1.54) is 0 Å². The summed E-state index contributed by atoms with van der Waals surface area (Å²) in [6, 6.07) is 4.13. The van der Waals surface area contributed by atoms with Crippen LogP contribution in [0.2, 0.25) is 0 Å². The summed E-state index contributed by atoms with van der Waals surface area (Å²) < 4.78 is 2.24. The van der Waals surface area contributed by atoms with E-state index in [-0.39, 0.29) is 0 Å². The van der Waals surface area contributed by atoms with E-state index in [1.54, 1.807) is 11.3 Å². The van der Waals surface area contributed by atoms with Gasteiger partial charge in [-0.25, -0.2) is 9.97 Å². The monoisotopic (exact) mass is 410 g/mol. The first-order chi connectivity index (χ1) is 10.1. The van der Waals surface area contributed by atoms with E-state index in [0.717, 1.165) is 36.7 Å². The Morgan fingerprint density at radius 1 is 1.29 bits per heavy atom. The molecule has 3 heterocycles. The van der Waals surface area contributed by atoms with Crippen LogP contribution in [0.1, 0.15) is 25.5 Å². The standard InChI is InChI=1S/C15H15IN4S/c1-8(2)13-12(16)15(17-3)20-14(19-13)9-6-11-10(18-7-9)4-5-21-11/h4-8H,1-3H3,(H,17,19,20). The number of hydrogen-bond donors (Lipinski definition) is 1. The van der Waals surface area contributed by atoms with Crippen LogP contribution in [0.5, 0.6) is 0 Å². The lowest BCUT2D eigenvalue weighted by Crippen LogP contribution is -2.06. The van der Waals surface area contributed by atoms with Crippen LogP contribution in [0.3, 0.4) is 0 Å². The quantitative estimate of drug-likeness (QED) is 0.645. The van der Waals surface area contributed by atoms with Gasteiger partial charge >= 0.3 is 0 Å². The Labute approximate surface area is 141 Å². The van der Waals surface area contributed by atoms with Gasteiger partial charge in [-0.2, -0.15) is 0 Å². The zero-order chi connectivity index (χ0) is 15.0. The molecule has 0 aromatic carbocycles. The summed E-state index contributed by atoms with van der Waals surface area (Å²) in [6.07, 6.45) is 1.85. The molecule has 1 N–H and O–H groups in total. The average Bonchev–Trinajstić information content (AvgIpc) is 2.94. The van der Waals surface area contributed by atoms with E-state index >= 15 is 0 Å². The average molecular weight is 410 g/mol. The summed E-state index contributed by atoms with van der Waals surface area (Å²) >= 11 is 3.99. The third-order valence-corrected chi connectivity index (χ3v) is 5.14. The number of nitrogens with one attached hydrogen (secondary N) is 1. The molecule has 3 aromatic heterocycles. The number of hydrogen-bond acceptors (Lipinski definition) is 5. The summed E-state index contributed by atoms with van der Waals surface area (Å²) in [5, 5.41) is 5.21. The Balaban J connectivity index is 2.18. The molecule has 0 atom stereocenters. The van der Waals surface area contributed by atoms with Gasteiger partial charge in [-0.05, 0) is 46.0 Å². The second kappa shape index (κ2) is 5.84. The first kappa shape index (κ1) is 14.6. The van der Waals surface area contributed by atoms with Crippen molar-refractivity contribution in [1.82, 2.24) is 15.0 Å². The smallest absolute Gasteiger partial charge is 0.163 e. The highest BCUT2D eigenvalue weighted by Gasteiger charge is 2.15. The van der Waals surface area contributed by atoms with E-state index in [4.69, 9.17) is 4.98 Å². The van der Waals surface area contributed by atoms with Gasteiger partial charge in [-0.15, -0.1) is 11.3 Å². The highest BCUT2D eigenvalue weighted by atomic mass is 127. The van der Waals surface area contributed by atoms with Crippen molar-refractivity contribution in [1.29, 1.82) is 0 Å². The summed E-state index contributed by atoms with van der Waals surface area (Å²) in [6.45, 7) is 4.29. The molecule has 0 bridgehead atoms. The fourth-order valence-corrected chi connectivity index (χ4v) is 4.02. The van der Waals surface area contributed by atoms with E-state index < -0.39 is 0 Å². The minimum Gasteiger partial charge on any atom is -0.372 e. The van der Waals surface area contributed by atoms with Gasteiger partial charge in [0.1, 0.15) is 5.82 Å². The molecular weight excluding hydrogens is 395 g/mol. The maximum atomic E-state index is 4.75. The van der Waals surface area contributed by atoms with Crippen LogP contribution in [-0.2, 0) is 0 Å². The predicted molar refractivity (Wildman–Crippen MR) is 97.0 cm³/mol. The number of aromatic nitrogens is 3. The van der Waals surface area contributed by atoms with Gasteiger partial charge in [0.2, 0.25) is 0 Å². The van der Waals surface area contributed by atoms with Crippen molar-refractivity contribution in [3.8, 4) is 11.4 Å². The minimum absolute atomic E-state index is 0.351. The predicted octanol–water partition coefficient (Wildman–Crippen LogP) is 4.52. The third-order valence-electron chi connectivity index (χ3n) is 3.22. The van der Waals surface area contributed by atoms with Gasteiger partial charge in [-0.3, -0.25) is 4.98 Å². The molecular formula is C15H15IN4S. The Kier molecular flexibility index (Phi) is 4.08. The summed E-state index contributed by atoms with van der Waals surface area (Å²) in [4.78, 5) is 13.9. The van der Waals surface area contributed by atoms with Crippen molar-refractivity contribution in [3.05, 3.63) is 33.0 Å². The Hall–Kier alpha value is -1.28. The Morgan fingerprint density at radius 2 is 2.10 bits per heavy atom. The first-order valence-electron chi connectivity index (χ1n) is 6.69.